The van der Waals surface area contributed by atoms with Gasteiger partial charge in [0.15, 0.2) is 5.78 Å². The molecule has 96 valence electrons. The normalized spacial score (nSPS) is 15.3. The quantitative estimate of drug-likeness (QED) is 0.787. The van der Waals surface area contributed by atoms with Crippen molar-refractivity contribution in [2.45, 2.75) is 19.3 Å². The van der Waals surface area contributed by atoms with E-state index in [1.807, 2.05) is 0 Å². The molecule has 0 spiro atoms. The van der Waals surface area contributed by atoms with Gasteiger partial charge < -0.3 is 9.47 Å². The van der Waals surface area contributed by atoms with E-state index in [9.17, 15) is 4.79 Å². The zero-order valence-corrected chi connectivity index (χ0v) is 11.0. The highest BCUT2D eigenvalue weighted by molar-refractivity contribution is 6.31. The van der Waals surface area contributed by atoms with Crippen molar-refractivity contribution in [3.05, 3.63) is 16.8 Å². The molecule has 6 heteroatoms. The number of carbonyl (C=O) groups excluding carboxylic acids is 1. The Labute approximate surface area is 110 Å². The van der Waals surface area contributed by atoms with Crippen LogP contribution >= 0.6 is 11.6 Å². The number of allylic oxidation sites excluding steroid dienone is 2. The van der Waals surface area contributed by atoms with Crippen LogP contribution in [0.4, 0.5) is 0 Å². The SMILES string of the molecule is COc1nc(Cl)c(C2=CC(=O)CCC2)c(OC)n1. The van der Waals surface area contributed by atoms with Crippen LogP contribution in [0.5, 0.6) is 11.9 Å². The first-order chi connectivity index (χ1) is 8.65. The molecule has 0 saturated heterocycles. The molecule has 0 amide bonds. The Morgan fingerprint density at radius 2 is 2.00 bits per heavy atom. The molecule has 5 nitrogen and oxygen atoms in total. The van der Waals surface area contributed by atoms with E-state index in [0.717, 1.165) is 18.4 Å². The fraction of sp³-hybridized carbons (Fsp3) is 0.417. The topological polar surface area (TPSA) is 61.3 Å². The van der Waals surface area contributed by atoms with E-state index in [1.165, 1.54) is 14.2 Å². The molecule has 0 atom stereocenters. The Hall–Kier alpha value is -1.62. The lowest BCUT2D eigenvalue weighted by molar-refractivity contribution is -0.114. The molecule has 0 fully saturated rings. The number of rotatable bonds is 3. The highest BCUT2D eigenvalue weighted by Gasteiger charge is 2.21. The molecule has 1 aliphatic rings. The Morgan fingerprint density at radius 1 is 1.22 bits per heavy atom. The van der Waals surface area contributed by atoms with Crippen molar-refractivity contribution in [2.75, 3.05) is 14.2 Å². The second kappa shape index (κ2) is 5.35. The molecular formula is C12H13ClN2O3. The summed E-state index contributed by atoms with van der Waals surface area (Å²) in [5, 5.41) is 0.236. The summed E-state index contributed by atoms with van der Waals surface area (Å²) in [4.78, 5) is 19.5. The van der Waals surface area contributed by atoms with Gasteiger partial charge in [0.05, 0.1) is 19.8 Å². The summed E-state index contributed by atoms with van der Waals surface area (Å²) in [6.07, 6.45) is 3.72. The molecule has 2 rings (SSSR count). The van der Waals surface area contributed by atoms with E-state index >= 15 is 0 Å². The van der Waals surface area contributed by atoms with Crippen LogP contribution in [0, 0.1) is 0 Å². The highest BCUT2D eigenvalue weighted by Crippen LogP contribution is 2.36. The fourth-order valence-electron chi connectivity index (χ4n) is 1.89. The molecule has 0 bridgehead atoms. The van der Waals surface area contributed by atoms with Gasteiger partial charge >= 0.3 is 6.01 Å². The lowest BCUT2D eigenvalue weighted by Gasteiger charge is -2.15. The fourth-order valence-corrected chi connectivity index (χ4v) is 2.17. The third kappa shape index (κ3) is 2.46. The van der Waals surface area contributed by atoms with Crippen LogP contribution in [0.1, 0.15) is 24.8 Å². The molecule has 1 aliphatic carbocycles. The summed E-state index contributed by atoms with van der Waals surface area (Å²) in [5.74, 6) is 0.415. The number of carbonyl (C=O) groups is 1. The van der Waals surface area contributed by atoms with Crippen LogP contribution in [0.2, 0.25) is 5.15 Å². The smallest absolute Gasteiger partial charge is 0.320 e. The molecule has 0 N–H and O–H groups in total. The van der Waals surface area contributed by atoms with Gasteiger partial charge in [0.25, 0.3) is 0 Å². The second-order valence-corrected chi connectivity index (χ2v) is 4.23. The predicted octanol–water partition coefficient (Wildman–Crippen LogP) is 2.28. The second-order valence-electron chi connectivity index (χ2n) is 3.87. The number of nitrogens with zero attached hydrogens (tertiary/aromatic N) is 2. The predicted molar refractivity (Wildman–Crippen MR) is 67.0 cm³/mol. The molecule has 0 radical (unpaired) electrons. The van der Waals surface area contributed by atoms with Crippen molar-refractivity contribution >= 4 is 23.0 Å². The third-order valence-electron chi connectivity index (χ3n) is 2.71. The van der Waals surface area contributed by atoms with Crippen molar-refractivity contribution in [3.63, 3.8) is 0 Å². The summed E-state index contributed by atoms with van der Waals surface area (Å²) in [5.41, 5.74) is 1.39. The maximum atomic E-state index is 11.5. The number of ether oxygens (including phenoxy) is 2. The van der Waals surface area contributed by atoms with Gasteiger partial charge in [-0.3, -0.25) is 4.79 Å². The molecule has 18 heavy (non-hydrogen) atoms. The van der Waals surface area contributed by atoms with E-state index in [-0.39, 0.29) is 16.9 Å². The average Bonchev–Trinajstić information content (AvgIpc) is 2.37. The Kier molecular flexibility index (Phi) is 3.81. The lowest BCUT2D eigenvalue weighted by atomic mass is 9.94. The molecule has 0 saturated carbocycles. The average molecular weight is 269 g/mol. The van der Waals surface area contributed by atoms with Crippen LogP contribution in [0.15, 0.2) is 6.08 Å². The van der Waals surface area contributed by atoms with Crippen LogP contribution in [0.3, 0.4) is 0 Å². The van der Waals surface area contributed by atoms with Gasteiger partial charge in [-0.25, -0.2) is 0 Å². The van der Waals surface area contributed by atoms with Crippen molar-refractivity contribution in [1.82, 2.24) is 9.97 Å². The minimum Gasteiger partial charge on any atom is -0.480 e. The minimum absolute atomic E-state index is 0.0881. The number of ketones is 1. The third-order valence-corrected chi connectivity index (χ3v) is 2.99. The highest BCUT2D eigenvalue weighted by atomic mass is 35.5. The molecular weight excluding hydrogens is 256 g/mol. The van der Waals surface area contributed by atoms with Crippen molar-refractivity contribution in [1.29, 1.82) is 0 Å². The van der Waals surface area contributed by atoms with Gasteiger partial charge in [-0.15, -0.1) is 0 Å². The summed E-state index contributed by atoms with van der Waals surface area (Å²) < 4.78 is 10.1. The minimum atomic E-state index is 0.0881. The number of hydrogen-bond donors (Lipinski definition) is 0. The van der Waals surface area contributed by atoms with Crippen molar-refractivity contribution in [2.24, 2.45) is 0 Å². The number of aromatic nitrogens is 2. The molecule has 0 aliphatic heterocycles. The van der Waals surface area contributed by atoms with Crippen molar-refractivity contribution in [3.8, 4) is 11.9 Å². The van der Waals surface area contributed by atoms with Crippen LogP contribution in [0.25, 0.3) is 5.57 Å². The molecule has 0 aromatic carbocycles. The number of halogens is 1. The van der Waals surface area contributed by atoms with Gasteiger partial charge in [0, 0.05) is 6.42 Å². The largest absolute Gasteiger partial charge is 0.480 e. The van der Waals surface area contributed by atoms with Crippen LogP contribution in [-0.4, -0.2) is 30.0 Å². The Bertz CT molecular complexity index is 514. The van der Waals surface area contributed by atoms with E-state index in [0.29, 0.717) is 17.9 Å². The monoisotopic (exact) mass is 268 g/mol. The van der Waals surface area contributed by atoms with Gasteiger partial charge in [0.1, 0.15) is 5.15 Å². The Morgan fingerprint density at radius 3 is 2.61 bits per heavy atom. The first kappa shape index (κ1) is 12.8. The van der Waals surface area contributed by atoms with Crippen LogP contribution in [-0.2, 0) is 4.79 Å². The molecule has 1 heterocycles. The maximum Gasteiger partial charge on any atom is 0.320 e. The zero-order valence-electron chi connectivity index (χ0n) is 10.2. The standard InChI is InChI=1S/C12H13ClN2O3/c1-17-11-9(7-4-3-5-8(16)6-7)10(13)14-12(15-11)18-2/h6H,3-5H2,1-2H3. The van der Waals surface area contributed by atoms with Gasteiger partial charge in [-0.05, 0) is 24.5 Å². The van der Waals surface area contributed by atoms with Gasteiger partial charge in [-0.2, -0.15) is 9.97 Å². The summed E-state index contributed by atoms with van der Waals surface area (Å²) in [7, 11) is 2.95. The van der Waals surface area contributed by atoms with Gasteiger partial charge in [0.2, 0.25) is 5.88 Å². The first-order valence-corrected chi connectivity index (χ1v) is 5.92. The number of hydrogen-bond acceptors (Lipinski definition) is 5. The van der Waals surface area contributed by atoms with Crippen LogP contribution < -0.4 is 9.47 Å². The van der Waals surface area contributed by atoms with E-state index in [4.69, 9.17) is 21.1 Å². The summed E-state index contributed by atoms with van der Waals surface area (Å²) >= 11 is 6.11. The molecule has 1 aromatic heterocycles. The molecule has 0 unspecified atom stereocenters. The van der Waals surface area contributed by atoms with Gasteiger partial charge in [-0.1, -0.05) is 11.6 Å². The first-order valence-electron chi connectivity index (χ1n) is 5.55. The van der Waals surface area contributed by atoms with E-state index < -0.39 is 0 Å². The molecule has 1 aromatic rings. The van der Waals surface area contributed by atoms with E-state index in [2.05, 4.69) is 9.97 Å². The maximum absolute atomic E-state index is 11.5. The lowest BCUT2D eigenvalue weighted by Crippen LogP contribution is -2.06. The van der Waals surface area contributed by atoms with E-state index in [1.54, 1.807) is 6.08 Å². The summed E-state index contributed by atoms with van der Waals surface area (Å²) in [6, 6.07) is 0.142. The zero-order chi connectivity index (χ0) is 13.1. The van der Waals surface area contributed by atoms with Crippen molar-refractivity contribution < 1.29 is 14.3 Å². The Balaban J connectivity index is 2.52. The number of methoxy groups -OCH3 is 2. The summed E-state index contributed by atoms with van der Waals surface area (Å²) in [6.45, 7) is 0.